The number of imide groups is 1. The Labute approximate surface area is 196 Å². The average Bonchev–Trinajstić information content (AvgIpc) is 3.08. The lowest BCUT2D eigenvalue weighted by molar-refractivity contribution is -0.154. The molecule has 0 radical (unpaired) electrons. The van der Waals surface area contributed by atoms with Crippen molar-refractivity contribution in [3.05, 3.63) is 76.8 Å². The van der Waals surface area contributed by atoms with Crippen LogP contribution in [0.25, 0.3) is 0 Å². The Hall–Kier alpha value is -3.45. The number of hydrogen-bond acceptors (Lipinski definition) is 5. The van der Waals surface area contributed by atoms with Crippen molar-refractivity contribution in [3.63, 3.8) is 0 Å². The van der Waals surface area contributed by atoms with Crippen molar-refractivity contribution >= 4 is 35.1 Å². The molecule has 2 aromatic rings. The highest BCUT2D eigenvalue weighted by atomic mass is 35.5. The van der Waals surface area contributed by atoms with Gasteiger partial charge in [0.1, 0.15) is 12.3 Å². The van der Waals surface area contributed by atoms with Gasteiger partial charge in [0.2, 0.25) is 0 Å². The monoisotopic (exact) mass is 466 g/mol. The van der Waals surface area contributed by atoms with Crippen LogP contribution in [0.15, 0.2) is 60.7 Å². The average molecular weight is 467 g/mol. The number of allylic oxidation sites excluding steroid dienone is 2. The van der Waals surface area contributed by atoms with Gasteiger partial charge >= 0.3 is 0 Å². The van der Waals surface area contributed by atoms with Gasteiger partial charge < -0.3 is 4.74 Å². The zero-order chi connectivity index (χ0) is 23.7. The number of benzene rings is 2. The third kappa shape index (κ3) is 4.16. The first-order chi connectivity index (χ1) is 15.8. The summed E-state index contributed by atoms with van der Waals surface area (Å²) in [5.41, 5.74) is 0.419. The summed E-state index contributed by atoms with van der Waals surface area (Å²) in [5.74, 6) is -2.79. The fourth-order valence-electron chi connectivity index (χ4n) is 4.38. The van der Waals surface area contributed by atoms with E-state index in [4.69, 9.17) is 16.3 Å². The van der Waals surface area contributed by atoms with Crippen molar-refractivity contribution in [2.24, 2.45) is 17.8 Å². The van der Waals surface area contributed by atoms with Crippen molar-refractivity contribution in [3.8, 4) is 5.75 Å². The summed E-state index contributed by atoms with van der Waals surface area (Å²) in [4.78, 5) is 53.2. The quantitative estimate of drug-likeness (QED) is 0.367. The number of Topliss-reactive ketones (excluding diaryl/α,β-unsaturated/α-hetero) is 1. The van der Waals surface area contributed by atoms with E-state index in [1.54, 1.807) is 36.4 Å². The Morgan fingerprint density at radius 1 is 1.09 bits per heavy atom. The lowest BCUT2D eigenvalue weighted by atomic mass is 9.78. The molecule has 4 rings (SSSR count). The van der Waals surface area contributed by atoms with Crippen LogP contribution in [0.3, 0.4) is 0 Å². The maximum absolute atomic E-state index is 13.5. The van der Waals surface area contributed by atoms with Gasteiger partial charge in [0.05, 0.1) is 29.5 Å². The van der Waals surface area contributed by atoms with Gasteiger partial charge in [-0.05, 0) is 48.7 Å². The van der Waals surface area contributed by atoms with E-state index in [1.165, 1.54) is 19.2 Å². The number of ketones is 1. The van der Waals surface area contributed by atoms with Gasteiger partial charge in [-0.3, -0.25) is 19.2 Å². The van der Waals surface area contributed by atoms with Gasteiger partial charge in [0, 0.05) is 5.56 Å². The van der Waals surface area contributed by atoms with E-state index in [9.17, 15) is 19.2 Å². The zero-order valence-electron chi connectivity index (χ0n) is 18.2. The molecule has 3 amide bonds. The SMILES string of the molecule is COc1ccc(C(=O)CN(C(=O)c2ccccc2Cl)N2C(=O)[C@@H]3[C@@H](C)C=CC[C@H]3C2=O)cc1. The van der Waals surface area contributed by atoms with E-state index in [-0.39, 0.29) is 16.5 Å². The molecule has 0 unspecified atom stereocenters. The predicted molar refractivity (Wildman–Crippen MR) is 122 cm³/mol. The van der Waals surface area contributed by atoms with Crippen LogP contribution in [0.4, 0.5) is 0 Å². The molecule has 0 N–H and O–H groups in total. The molecule has 1 aliphatic heterocycles. The molecule has 1 heterocycles. The van der Waals surface area contributed by atoms with Crippen molar-refractivity contribution in [2.75, 3.05) is 13.7 Å². The lowest BCUT2D eigenvalue weighted by Gasteiger charge is -2.30. The molecule has 1 aliphatic carbocycles. The zero-order valence-corrected chi connectivity index (χ0v) is 19.0. The van der Waals surface area contributed by atoms with Crippen LogP contribution in [0.2, 0.25) is 5.02 Å². The smallest absolute Gasteiger partial charge is 0.274 e. The highest BCUT2D eigenvalue weighted by Gasteiger charge is 2.53. The van der Waals surface area contributed by atoms with E-state index in [0.717, 1.165) is 10.0 Å². The fraction of sp³-hybridized carbons (Fsp3) is 0.280. The highest BCUT2D eigenvalue weighted by molar-refractivity contribution is 6.34. The second kappa shape index (κ2) is 9.19. The summed E-state index contributed by atoms with van der Waals surface area (Å²) in [6.45, 7) is 1.37. The summed E-state index contributed by atoms with van der Waals surface area (Å²) < 4.78 is 5.12. The molecule has 0 aromatic heterocycles. The second-order valence-electron chi connectivity index (χ2n) is 8.14. The number of carbonyl (C=O) groups excluding carboxylic acids is 4. The topological polar surface area (TPSA) is 84.0 Å². The van der Waals surface area contributed by atoms with Gasteiger partial charge in [-0.2, -0.15) is 5.01 Å². The summed E-state index contributed by atoms with van der Waals surface area (Å²) in [6.07, 6.45) is 4.19. The number of ether oxygens (including phenoxy) is 1. The van der Waals surface area contributed by atoms with Crippen LogP contribution < -0.4 is 4.74 Å². The molecule has 8 heteroatoms. The van der Waals surface area contributed by atoms with Crippen molar-refractivity contribution in [1.29, 1.82) is 0 Å². The van der Waals surface area contributed by atoms with Crippen LogP contribution in [-0.4, -0.2) is 47.2 Å². The molecule has 3 atom stereocenters. The summed E-state index contributed by atoms with van der Waals surface area (Å²) in [6, 6.07) is 12.7. The number of nitrogens with zero attached hydrogens (tertiary/aromatic N) is 2. The van der Waals surface area contributed by atoms with Gasteiger partial charge in [0.25, 0.3) is 17.7 Å². The van der Waals surface area contributed by atoms with E-state index >= 15 is 0 Å². The predicted octanol–water partition coefficient (Wildman–Crippen LogP) is 3.79. The van der Waals surface area contributed by atoms with Crippen LogP contribution in [0.5, 0.6) is 5.75 Å². The number of amides is 3. The van der Waals surface area contributed by atoms with Crippen LogP contribution in [0.1, 0.15) is 34.1 Å². The molecule has 0 saturated carbocycles. The largest absolute Gasteiger partial charge is 0.497 e. The number of rotatable bonds is 6. The fourth-order valence-corrected chi connectivity index (χ4v) is 4.60. The van der Waals surface area contributed by atoms with Gasteiger partial charge in [-0.25, -0.2) is 5.01 Å². The van der Waals surface area contributed by atoms with E-state index < -0.39 is 41.9 Å². The number of halogens is 1. The van der Waals surface area contributed by atoms with Crippen molar-refractivity contribution in [2.45, 2.75) is 13.3 Å². The maximum Gasteiger partial charge on any atom is 0.274 e. The first-order valence-corrected chi connectivity index (χ1v) is 11.0. The molecule has 1 fully saturated rings. The lowest BCUT2D eigenvalue weighted by Crippen LogP contribution is -2.52. The molecule has 0 spiro atoms. The van der Waals surface area contributed by atoms with Gasteiger partial charge in [0.15, 0.2) is 5.78 Å². The summed E-state index contributed by atoms with van der Waals surface area (Å²) >= 11 is 6.23. The minimum absolute atomic E-state index is 0.100. The molecule has 2 aliphatic rings. The van der Waals surface area contributed by atoms with E-state index in [2.05, 4.69) is 0 Å². The molecular weight excluding hydrogens is 444 g/mol. The summed E-state index contributed by atoms with van der Waals surface area (Å²) in [5, 5.41) is 1.95. The second-order valence-corrected chi connectivity index (χ2v) is 8.55. The molecule has 170 valence electrons. The minimum Gasteiger partial charge on any atom is -0.497 e. The van der Waals surface area contributed by atoms with E-state index in [0.29, 0.717) is 17.7 Å². The first-order valence-electron chi connectivity index (χ1n) is 10.6. The highest BCUT2D eigenvalue weighted by Crippen LogP contribution is 2.39. The Bertz CT molecular complexity index is 1140. The Balaban J connectivity index is 1.71. The van der Waals surface area contributed by atoms with Gasteiger partial charge in [-0.1, -0.05) is 42.8 Å². The number of methoxy groups -OCH3 is 1. The molecular formula is C25H23ClN2O5. The van der Waals surface area contributed by atoms with Crippen molar-refractivity contribution in [1.82, 2.24) is 10.0 Å². The minimum atomic E-state index is -0.691. The van der Waals surface area contributed by atoms with Gasteiger partial charge in [-0.15, -0.1) is 0 Å². The molecule has 7 nitrogen and oxygen atoms in total. The Kier molecular flexibility index (Phi) is 6.33. The number of hydrazine groups is 1. The Morgan fingerprint density at radius 3 is 2.42 bits per heavy atom. The number of hydrogen-bond donors (Lipinski definition) is 0. The normalized spacial score (nSPS) is 21.7. The molecule has 1 saturated heterocycles. The van der Waals surface area contributed by atoms with Crippen LogP contribution in [-0.2, 0) is 9.59 Å². The third-order valence-corrected chi connectivity index (χ3v) is 6.46. The molecule has 2 aromatic carbocycles. The first kappa shape index (κ1) is 22.7. The summed E-state index contributed by atoms with van der Waals surface area (Å²) in [7, 11) is 1.51. The number of carbonyl (C=O) groups is 4. The molecule has 0 bridgehead atoms. The molecule has 33 heavy (non-hydrogen) atoms. The number of fused-ring (bicyclic) bond motifs is 1. The standard InChI is InChI=1S/C25H23ClN2O5/c1-15-6-5-8-19-22(15)25(32)28(24(19)31)27(23(30)18-7-3-4-9-20(18)26)14-21(29)16-10-12-17(33-2)13-11-16/h3-7,9-13,15,19,22H,8,14H2,1-2H3/t15-,19+,22+/m0/s1. The maximum atomic E-state index is 13.5. The van der Waals surface area contributed by atoms with Crippen LogP contribution >= 0.6 is 11.6 Å². The van der Waals surface area contributed by atoms with Crippen LogP contribution in [0, 0.1) is 17.8 Å². The Morgan fingerprint density at radius 2 is 1.79 bits per heavy atom. The third-order valence-electron chi connectivity index (χ3n) is 6.13. The van der Waals surface area contributed by atoms with E-state index in [1.807, 2.05) is 19.1 Å². The van der Waals surface area contributed by atoms with Crippen molar-refractivity contribution < 1.29 is 23.9 Å².